The van der Waals surface area contributed by atoms with Gasteiger partial charge in [-0.25, -0.2) is 14.1 Å². The maximum absolute atomic E-state index is 14.0. The fourth-order valence-electron chi connectivity index (χ4n) is 5.49. The van der Waals surface area contributed by atoms with E-state index in [2.05, 4.69) is 15.2 Å². The van der Waals surface area contributed by atoms with Crippen LogP contribution < -0.4 is 15.3 Å². The molecule has 2 aliphatic rings. The van der Waals surface area contributed by atoms with Crippen molar-refractivity contribution in [2.45, 2.75) is 81.8 Å². The van der Waals surface area contributed by atoms with Crippen LogP contribution >= 0.6 is 7.75 Å². The molecule has 1 aliphatic carbocycles. The zero-order chi connectivity index (χ0) is 32.6. The molecule has 0 spiro atoms. The Hall–Kier alpha value is -3.27. The van der Waals surface area contributed by atoms with Crippen molar-refractivity contribution in [3.8, 4) is 5.75 Å². The molecule has 0 radical (unpaired) electrons. The SMILES string of the molecule is C[C@H](N[P@@](=O)(OC[C@@]1(C)O[C@@H](c2ccc3c(N)ncnn23)[C@H](O)[C@@H]1O)Oc1ccccc1)C(=O)O[C@H]1CC[C@H](C(F)(F)F)CC1. The van der Waals surface area contributed by atoms with E-state index in [1.807, 2.05) is 0 Å². The summed E-state index contributed by atoms with van der Waals surface area (Å²) in [4.78, 5) is 16.8. The number of benzene rings is 1. The van der Waals surface area contributed by atoms with Crippen LogP contribution in [0.1, 0.15) is 51.3 Å². The number of hydrogen-bond acceptors (Lipinski definition) is 11. The fraction of sp³-hybridized carbons (Fsp3) is 0.536. The van der Waals surface area contributed by atoms with Crippen LogP contribution in [0.3, 0.4) is 0 Å². The van der Waals surface area contributed by atoms with Gasteiger partial charge in [0, 0.05) is 0 Å². The summed E-state index contributed by atoms with van der Waals surface area (Å²) in [5.74, 6) is -1.97. The summed E-state index contributed by atoms with van der Waals surface area (Å²) >= 11 is 0. The number of hydrogen-bond donors (Lipinski definition) is 4. The molecule has 5 rings (SSSR count). The molecule has 3 heterocycles. The lowest BCUT2D eigenvalue weighted by molar-refractivity contribution is -0.188. The Morgan fingerprint density at radius 1 is 1.20 bits per heavy atom. The predicted octanol–water partition coefficient (Wildman–Crippen LogP) is 3.71. The Kier molecular flexibility index (Phi) is 9.45. The van der Waals surface area contributed by atoms with Crippen LogP contribution in [0.2, 0.25) is 0 Å². The lowest BCUT2D eigenvalue weighted by Crippen LogP contribution is -2.45. The van der Waals surface area contributed by atoms with Crippen molar-refractivity contribution in [2.75, 3.05) is 12.3 Å². The lowest BCUT2D eigenvalue weighted by Gasteiger charge is -2.31. The number of ether oxygens (including phenoxy) is 2. The number of aromatic nitrogens is 3. The average molecular weight is 658 g/mol. The highest BCUT2D eigenvalue weighted by molar-refractivity contribution is 7.52. The molecule has 2 fully saturated rings. The van der Waals surface area contributed by atoms with E-state index in [4.69, 9.17) is 24.3 Å². The number of halogens is 3. The van der Waals surface area contributed by atoms with Crippen molar-refractivity contribution in [1.29, 1.82) is 0 Å². The average Bonchev–Trinajstić information content (AvgIpc) is 3.52. The molecule has 1 aromatic carbocycles. The maximum atomic E-state index is 14.0. The van der Waals surface area contributed by atoms with Gasteiger partial charge in [0.2, 0.25) is 0 Å². The van der Waals surface area contributed by atoms with Crippen molar-refractivity contribution >= 4 is 25.1 Å². The topological polar surface area (TPSA) is 180 Å². The maximum Gasteiger partial charge on any atom is 0.459 e. The summed E-state index contributed by atoms with van der Waals surface area (Å²) in [6.45, 7) is 2.23. The Labute approximate surface area is 256 Å². The molecule has 6 atom stereocenters. The lowest BCUT2D eigenvalue weighted by atomic mass is 9.87. The zero-order valence-electron chi connectivity index (χ0n) is 24.5. The molecule has 3 aromatic rings. The highest BCUT2D eigenvalue weighted by Crippen LogP contribution is 2.48. The first kappa shape index (κ1) is 33.1. The Morgan fingerprint density at radius 3 is 2.56 bits per heavy atom. The zero-order valence-corrected chi connectivity index (χ0v) is 25.4. The first-order chi connectivity index (χ1) is 21.2. The van der Waals surface area contributed by atoms with E-state index in [0.29, 0.717) is 11.2 Å². The second kappa shape index (κ2) is 12.9. The summed E-state index contributed by atoms with van der Waals surface area (Å²) in [6, 6.07) is 9.94. The summed E-state index contributed by atoms with van der Waals surface area (Å²) < 4.78 is 77.4. The van der Waals surface area contributed by atoms with Gasteiger partial charge in [0.15, 0.2) is 5.82 Å². The number of aliphatic hydroxyl groups is 2. The first-order valence-electron chi connectivity index (χ1n) is 14.4. The Morgan fingerprint density at radius 2 is 1.89 bits per heavy atom. The second-order valence-electron chi connectivity index (χ2n) is 11.5. The van der Waals surface area contributed by atoms with Gasteiger partial charge < -0.3 is 29.9 Å². The molecular formula is C28H35F3N5O8P. The van der Waals surface area contributed by atoms with Crippen molar-refractivity contribution in [1.82, 2.24) is 19.7 Å². The third kappa shape index (κ3) is 7.26. The quantitative estimate of drug-likeness (QED) is 0.184. The van der Waals surface area contributed by atoms with Crippen LogP contribution in [0.15, 0.2) is 48.8 Å². The number of aliphatic hydroxyl groups excluding tert-OH is 2. The van der Waals surface area contributed by atoms with Gasteiger partial charge in [-0.15, -0.1) is 0 Å². The molecule has 1 aliphatic heterocycles. The number of para-hydroxylation sites is 1. The van der Waals surface area contributed by atoms with Gasteiger partial charge in [-0.05, 0) is 63.8 Å². The third-order valence-corrected chi connectivity index (χ3v) is 9.70. The van der Waals surface area contributed by atoms with Gasteiger partial charge in [0.25, 0.3) is 0 Å². The van der Waals surface area contributed by atoms with Gasteiger partial charge in [0.05, 0.1) is 18.2 Å². The summed E-state index contributed by atoms with van der Waals surface area (Å²) in [7, 11) is -4.42. The minimum absolute atomic E-state index is 0.0456. The number of alkyl halides is 3. The highest BCUT2D eigenvalue weighted by Gasteiger charge is 2.54. The van der Waals surface area contributed by atoms with E-state index in [0.717, 1.165) is 0 Å². The van der Waals surface area contributed by atoms with Crippen LogP contribution in [0.5, 0.6) is 5.75 Å². The molecule has 17 heteroatoms. The second-order valence-corrected chi connectivity index (χ2v) is 13.2. The van der Waals surface area contributed by atoms with Gasteiger partial charge in [0.1, 0.15) is 53.7 Å². The summed E-state index contributed by atoms with van der Waals surface area (Å²) in [6.07, 6.45) is -8.07. The third-order valence-electron chi connectivity index (χ3n) is 8.07. The molecule has 13 nitrogen and oxygen atoms in total. The minimum atomic E-state index is -4.42. The van der Waals surface area contributed by atoms with E-state index in [9.17, 15) is 32.7 Å². The molecular weight excluding hydrogens is 622 g/mol. The molecule has 0 unspecified atom stereocenters. The van der Waals surface area contributed by atoms with E-state index in [1.165, 1.54) is 36.8 Å². The molecule has 246 valence electrons. The number of nitrogens with two attached hydrogens (primary N) is 1. The van der Waals surface area contributed by atoms with Crippen molar-refractivity contribution in [2.24, 2.45) is 5.92 Å². The van der Waals surface area contributed by atoms with Gasteiger partial charge in [-0.2, -0.15) is 23.4 Å². The molecule has 2 aromatic heterocycles. The van der Waals surface area contributed by atoms with Crippen molar-refractivity contribution < 1.29 is 51.3 Å². The van der Waals surface area contributed by atoms with Crippen LogP contribution in [0.25, 0.3) is 5.52 Å². The van der Waals surface area contributed by atoms with E-state index < -0.39 is 68.5 Å². The number of nitrogen functional groups attached to an aromatic ring is 1. The van der Waals surface area contributed by atoms with Gasteiger partial charge in [-0.3, -0.25) is 9.32 Å². The molecule has 0 amide bonds. The fourth-order valence-corrected chi connectivity index (χ4v) is 7.07. The van der Waals surface area contributed by atoms with Gasteiger partial charge in [-0.1, -0.05) is 18.2 Å². The molecule has 0 bridgehead atoms. The molecule has 5 N–H and O–H groups in total. The number of rotatable bonds is 10. The molecule has 45 heavy (non-hydrogen) atoms. The monoisotopic (exact) mass is 657 g/mol. The Bertz CT molecular complexity index is 1540. The van der Waals surface area contributed by atoms with Crippen molar-refractivity contribution in [3.63, 3.8) is 0 Å². The normalized spacial score (nSPS) is 29.3. The van der Waals surface area contributed by atoms with Crippen LogP contribution in [-0.2, 0) is 23.4 Å². The minimum Gasteiger partial charge on any atom is -0.461 e. The number of nitrogens with zero attached hydrogens (tertiary/aromatic N) is 3. The smallest absolute Gasteiger partial charge is 0.459 e. The number of carbonyl (C=O) groups is 1. The largest absolute Gasteiger partial charge is 0.461 e. The van der Waals surface area contributed by atoms with Gasteiger partial charge >= 0.3 is 19.9 Å². The standard InChI is InChI=1S/C28H35F3N5O8P/c1-16(26(39)42-18-10-8-17(9-11-18)28(29,30)31)35-45(40,44-19-6-4-3-5-7-19)41-14-27(2)24(38)22(37)23(43-27)20-12-13-21-25(32)33-15-34-36(20)21/h3-7,12-13,15-18,22-24,37-38H,8-11,14H2,1-2H3,(H,35,40)(H2,32,33,34)/t16-,17-,18-,22-,23-,24-,27+,45+/m0/s1. The molecule has 1 saturated carbocycles. The molecule has 1 saturated heterocycles. The summed E-state index contributed by atoms with van der Waals surface area (Å²) in [5, 5.41) is 28.6. The van der Waals surface area contributed by atoms with E-state index in [-0.39, 0.29) is 37.3 Å². The van der Waals surface area contributed by atoms with Crippen LogP contribution in [-0.4, -0.2) is 73.5 Å². The first-order valence-corrected chi connectivity index (χ1v) is 15.9. The number of fused-ring (bicyclic) bond motifs is 1. The Balaban J connectivity index is 1.28. The van der Waals surface area contributed by atoms with Crippen LogP contribution in [0, 0.1) is 5.92 Å². The van der Waals surface area contributed by atoms with Crippen LogP contribution in [0.4, 0.5) is 19.0 Å². The number of esters is 1. The number of carbonyl (C=O) groups excluding carboxylic acids is 1. The summed E-state index contributed by atoms with van der Waals surface area (Å²) in [5.41, 5.74) is 5.12. The van der Waals surface area contributed by atoms with E-state index in [1.54, 1.807) is 30.3 Å². The van der Waals surface area contributed by atoms with Crippen molar-refractivity contribution in [3.05, 3.63) is 54.5 Å². The number of nitrogens with one attached hydrogen (secondary N) is 1. The van der Waals surface area contributed by atoms with E-state index >= 15 is 0 Å². The number of anilines is 1. The predicted molar refractivity (Wildman–Crippen MR) is 153 cm³/mol. The highest BCUT2D eigenvalue weighted by atomic mass is 31.2.